The number of unbranched alkanes of at least 4 members (excludes halogenated alkanes) is 1. The number of halogens is 1. The van der Waals surface area contributed by atoms with Crippen LogP contribution in [0.25, 0.3) is 11.0 Å². The Hall–Kier alpha value is -2.04. The summed E-state index contributed by atoms with van der Waals surface area (Å²) in [6.07, 6.45) is 7.38. The van der Waals surface area contributed by atoms with Crippen molar-refractivity contribution in [2.45, 2.75) is 58.0 Å². The van der Waals surface area contributed by atoms with Gasteiger partial charge in [-0.25, -0.2) is 4.98 Å². The molecular weight excluding hydrogens is 394 g/mol. The molecular formula is C25H32ClN3O. The SMILES string of the molecule is CC(c1nc2ccccc2n1CCCCOc1ccc(Cl)cc1)N1CCCCCC1. The Morgan fingerprint density at radius 1 is 0.967 bits per heavy atom. The molecule has 4 nitrogen and oxygen atoms in total. The second-order valence-electron chi connectivity index (χ2n) is 8.25. The van der Waals surface area contributed by atoms with Crippen LogP contribution in [0.1, 0.15) is 57.3 Å². The number of para-hydroxylation sites is 2. The molecule has 3 aromatic rings. The number of nitrogens with zero attached hydrogens (tertiary/aromatic N) is 3. The Labute approximate surface area is 184 Å². The van der Waals surface area contributed by atoms with E-state index in [4.69, 9.17) is 21.3 Å². The first-order valence-electron chi connectivity index (χ1n) is 11.3. The van der Waals surface area contributed by atoms with Crippen molar-refractivity contribution in [1.82, 2.24) is 14.5 Å². The standard InChI is InChI=1S/C25H32ClN3O/c1-20(28-16-6-2-3-7-17-28)25-27-23-10-4-5-11-24(23)29(25)18-8-9-19-30-22-14-12-21(26)13-15-22/h4-5,10-15,20H,2-3,6-9,16-19H2,1H3. The summed E-state index contributed by atoms with van der Waals surface area (Å²) < 4.78 is 8.30. The van der Waals surface area contributed by atoms with Gasteiger partial charge in [-0.1, -0.05) is 36.6 Å². The van der Waals surface area contributed by atoms with E-state index in [0.717, 1.165) is 35.7 Å². The van der Waals surface area contributed by atoms with Gasteiger partial charge >= 0.3 is 0 Å². The number of hydrogen-bond acceptors (Lipinski definition) is 3. The minimum absolute atomic E-state index is 0.348. The second kappa shape index (κ2) is 10.3. The normalized spacial score (nSPS) is 16.5. The van der Waals surface area contributed by atoms with E-state index < -0.39 is 0 Å². The highest BCUT2D eigenvalue weighted by Crippen LogP contribution is 2.27. The molecule has 1 fully saturated rings. The molecule has 0 N–H and O–H groups in total. The number of likely N-dealkylation sites (tertiary alicyclic amines) is 1. The predicted molar refractivity (Wildman–Crippen MR) is 124 cm³/mol. The number of imidazole rings is 1. The lowest BCUT2D eigenvalue weighted by molar-refractivity contribution is 0.207. The average Bonchev–Trinajstić information content (AvgIpc) is 2.93. The highest BCUT2D eigenvalue weighted by atomic mass is 35.5. The van der Waals surface area contributed by atoms with Crippen LogP contribution in [0.2, 0.25) is 5.02 Å². The van der Waals surface area contributed by atoms with Gasteiger partial charge in [0.2, 0.25) is 0 Å². The third-order valence-corrected chi connectivity index (χ3v) is 6.36. The number of fused-ring (bicyclic) bond motifs is 1. The fourth-order valence-corrected chi connectivity index (χ4v) is 4.51. The third-order valence-electron chi connectivity index (χ3n) is 6.10. The number of aryl methyl sites for hydroxylation is 1. The van der Waals surface area contributed by atoms with Gasteiger partial charge in [0.05, 0.1) is 23.7 Å². The van der Waals surface area contributed by atoms with Crippen LogP contribution in [0.3, 0.4) is 0 Å². The van der Waals surface area contributed by atoms with E-state index in [-0.39, 0.29) is 0 Å². The fourth-order valence-electron chi connectivity index (χ4n) is 4.39. The maximum absolute atomic E-state index is 5.94. The molecule has 0 bridgehead atoms. The zero-order chi connectivity index (χ0) is 20.8. The highest BCUT2D eigenvalue weighted by Gasteiger charge is 2.23. The van der Waals surface area contributed by atoms with E-state index in [1.807, 2.05) is 24.3 Å². The van der Waals surface area contributed by atoms with Gasteiger partial charge in [0.25, 0.3) is 0 Å². The van der Waals surface area contributed by atoms with Crippen LogP contribution in [0, 0.1) is 0 Å². The molecule has 30 heavy (non-hydrogen) atoms. The van der Waals surface area contributed by atoms with E-state index in [0.29, 0.717) is 12.6 Å². The van der Waals surface area contributed by atoms with Crippen molar-refractivity contribution in [2.75, 3.05) is 19.7 Å². The molecule has 0 aliphatic carbocycles. The van der Waals surface area contributed by atoms with Gasteiger partial charge in [-0.3, -0.25) is 4.90 Å². The Balaban J connectivity index is 1.41. The molecule has 5 heteroatoms. The molecule has 0 radical (unpaired) electrons. The molecule has 1 unspecified atom stereocenters. The molecule has 1 saturated heterocycles. The molecule has 1 aromatic heterocycles. The van der Waals surface area contributed by atoms with Gasteiger partial charge in [-0.2, -0.15) is 0 Å². The molecule has 0 saturated carbocycles. The van der Waals surface area contributed by atoms with Crippen LogP contribution in [0.15, 0.2) is 48.5 Å². The van der Waals surface area contributed by atoms with Crippen molar-refractivity contribution in [3.05, 3.63) is 59.4 Å². The highest BCUT2D eigenvalue weighted by molar-refractivity contribution is 6.30. The summed E-state index contributed by atoms with van der Waals surface area (Å²) >= 11 is 5.94. The lowest BCUT2D eigenvalue weighted by Gasteiger charge is -2.27. The van der Waals surface area contributed by atoms with Crippen molar-refractivity contribution in [1.29, 1.82) is 0 Å². The summed E-state index contributed by atoms with van der Waals surface area (Å²) in [5.41, 5.74) is 2.35. The van der Waals surface area contributed by atoms with Gasteiger partial charge in [0, 0.05) is 11.6 Å². The molecule has 0 spiro atoms. The van der Waals surface area contributed by atoms with Crippen LogP contribution >= 0.6 is 11.6 Å². The van der Waals surface area contributed by atoms with Crippen LogP contribution in [-0.2, 0) is 6.54 Å². The van der Waals surface area contributed by atoms with Crippen molar-refractivity contribution >= 4 is 22.6 Å². The van der Waals surface area contributed by atoms with Gasteiger partial charge in [0.15, 0.2) is 0 Å². The largest absolute Gasteiger partial charge is 0.494 e. The van der Waals surface area contributed by atoms with Crippen LogP contribution in [-0.4, -0.2) is 34.1 Å². The Kier molecular flexibility index (Phi) is 7.29. The smallest absolute Gasteiger partial charge is 0.127 e. The molecule has 1 atom stereocenters. The van der Waals surface area contributed by atoms with Crippen molar-refractivity contribution in [3.63, 3.8) is 0 Å². The summed E-state index contributed by atoms with van der Waals surface area (Å²) in [7, 11) is 0. The quantitative estimate of drug-likeness (QED) is 0.386. The Morgan fingerprint density at radius 2 is 1.70 bits per heavy atom. The minimum Gasteiger partial charge on any atom is -0.494 e. The summed E-state index contributed by atoms with van der Waals surface area (Å²) in [5, 5.41) is 0.736. The second-order valence-corrected chi connectivity index (χ2v) is 8.68. The number of rotatable bonds is 8. The number of aromatic nitrogens is 2. The van der Waals surface area contributed by atoms with Gasteiger partial charge in [-0.15, -0.1) is 0 Å². The number of hydrogen-bond donors (Lipinski definition) is 0. The van der Waals surface area contributed by atoms with Gasteiger partial charge in [0.1, 0.15) is 11.6 Å². The number of ether oxygens (including phenoxy) is 1. The monoisotopic (exact) mass is 425 g/mol. The molecule has 4 rings (SSSR count). The Bertz CT molecular complexity index is 929. The molecule has 2 aromatic carbocycles. The number of benzene rings is 2. The molecule has 1 aliphatic heterocycles. The zero-order valence-electron chi connectivity index (χ0n) is 17.9. The summed E-state index contributed by atoms with van der Waals surface area (Å²) in [5.74, 6) is 2.08. The van der Waals surface area contributed by atoms with E-state index in [1.165, 1.54) is 50.1 Å². The molecule has 0 amide bonds. The average molecular weight is 426 g/mol. The minimum atomic E-state index is 0.348. The topological polar surface area (TPSA) is 30.3 Å². The van der Waals surface area contributed by atoms with Crippen LogP contribution in [0.4, 0.5) is 0 Å². The fraction of sp³-hybridized carbons (Fsp3) is 0.480. The van der Waals surface area contributed by atoms with E-state index >= 15 is 0 Å². The first kappa shape index (κ1) is 21.2. The van der Waals surface area contributed by atoms with E-state index in [9.17, 15) is 0 Å². The van der Waals surface area contributed by atoms with E-state index in [1.54, 1.807) is 0 Å². The van der Waals surface area contributed by atoms with Gasteiger partial charge < -0.3 is 9.30 Å². The van der Waals surface area contributed by atoms with Crippen molar-refractivity contribution in [3.8, 4) is 5.75 Å². The molecule has 2 heterocycles. The third kappa shape index (κ3) is 5.16. The van der Waals surface area contributed by atoms with Crippen molar-refractivity contribution in [2.24, 2.45) is 0 Å². The first-order valence-corrected chi connectivity index (χ1v) is 11.7. The summed E-state index contributed by atoms with van der Waals surface area (Å²) in [4.78, 5) is 7.67. The molecule has 1 aliphatic rings. The van der Waals surface area contributed by atoms with Gasteiger partial charge in [-0.05, 0) is 82.1 Å². The summed E-state index contributed by atoms with van der Waals surface area (Å²) in [6.45, 7) is 6.37. The molecule has 160 valence electrons. The Morgan fingerprint density at radius 3 is 2.47 bits per heavy atom. The lowest BCUT2D eigenvalue weighted by Crippen LogP contribution is -2.30. The van der Waals surface area contributed by atoms with Crippen LogP contribution in [0.5, 0.6) is 5.75 Å². The maximum Gasteiger partial charge on any atom is 0.127 e. The van der Waals surface area contributed by atoms with Crippen LogP contribution < -0.4 is 4.74 Å². The first-order chi connectivity index (χ1) is 14.7. The summed E-state index contributed by atoms with van der Waals surface area (Å²) in [6, 6.07) is 16.5. The predicted octanol–water partition coefficient (Wildman–Crippen LogP) is 6.49. The zero-order valence-corrected chi connectivity index (χ0v) is 18.7. The lowest BCUT2D eigenvalue weighted by atomic mass is 10.2. The van der Waals surface area contributed by atoms with E-state index in [2.05, 4.69) is 40.7 Å². The van der Waals surface area contributed by atoms with Crippen molar-refractivity contribution < 1.29 is 4.74 Å². The maximum atomic E-state index is 5.94.